The van der Waals surface area contributed by atoms with Gasteiger partial charge in [-0.15, -0.1) is 0 Å². The lowest BCUT2D eigenvalue weighted by molar-refractivity contribution is 0.476. The molecule has 0 aliphatic rings. The molecule has 120 valence electrons. The van der Waals surface area contributed by atoms with E-state index in [1.54, 1.807) is 12.1 Å². The number of hydrogen-bond donors (Lipinski definition) is 2. The van der Waals surface area contributed by atoms with Crippen LogP contribution in [-0.2, 0) is 16.6 Å². The third-order valence-electron chi connectivity index (χ3n) is 3.34. The highest BCUT2D eigenvalue weighted by Gasteiger charge is 2.22. The Morgan fingerprint density at radius 2 is 1.76 bits per heavy atom. The molecule has 1 aromatic rings. The van der Waals surface area contributed by atoms with Crippen LogP contribution in [0.15, 0.2) is 23.1 Å². The van der Waals surface area contributed by atoms with Crippen molar-refractivity contribution < 1.29 is 8.42 Å². The second kappa shape index (κ2) is 7.58. The molecule has 2 N–H and O–H groups in total. The largest absolute Gasteiger partial charge is 0.310 e. The zero-order valence-corrected chi connectivity index (χ0v) is 14.8. The molecule has 0 aromatic heterocycles. The lowest BCUT2D eigenvalue weighted by Gasteiger charge is -2.18. The Balaban J connectivity index is 3.02. The second-order valence-electron chi connectivity index (χ2n) is 5.95. The summed E-state index contributed by atoms with van der Waals surface area (Å²) in [5.41, 5.74) is 0.894. The lowest BCUT2D eigenvalue weighted by atomic mass is 10.1. The Bertz CT molecular complexity index is 571. The van der Waals surface area contributed by atoms with Crippen LogP contribution in [-0.4, -0.2) is 20.5 Å². The number of rotatable bonds is 7. The molecule has 1 unspecified atom stereocenters. The Morgan fingerprint density at radius 1 is 1.14 bits per heavy atom. The molecule has 0 fully saturated rings. The van der Waals surface area contributed by atoms with Gasteiger partial charge in [-0.1, -0.05) is 45.4 Å². The van der Waals surface area contributed by atoms with E-state index in [-0.39, 0.29) is 21.9 Å². The number of nitrogens with one attached hydrogen (secondary N) is 2. The lowest BCUT2D eigenvalue weighted by Crippen LogP contribution is -2.36. The Labute approximate surface area is 133 Å². The minimum absolute atomic E-state index is 0.139. The normalized spacial score (nSPS) is 13.9. The van der Waals surface area contributed by atoms with Crippen LogP contribution in [0.5, 0.6) is 0 Å². The van der Waals surface area contributed by atoms with Crippen LogP contribution in [0.3, 0.4) is 0 Å². The summed E-state index contributed by atoms with van der Waals surface area (Å²) in [6.45, 7) is 10.5. The molecule has 0 amide bonds. The highest BCUT2D eigenvalue weighted by atomic mass is 35.5. The van der Waals surface area contributed by atoms with Crippen molar-refractivity contribution in [1.29, 1.82) is 0 Å². The van der Waals surface area contributed by atoms with Crippen molar-refractivity contribution >= 4 is 21.6 Å². The maximum atomic E-state index is 12.4. The van der Waals surface area contributed by atoms with Gasteiger partial charge in [0.15, 0.2) is 0 Å². The van der Waals surface area contributed by atoms with Gasteiger partial charge < -0.3 is 5.32 Å². The standard InChI is InChI=1S/C15H25ClN2O2S/c1-10(2)12(5)18-21(19,20)15-8-13(6-7-14(15)16)9-17-11(3)4/h6-8,10-12,17-18H,9H2,1-5H3. The van der Waals surface area contributed by atoms with Gasteiger partial charge in [-0.2, -0.15) is 0 Å². The summed E-state index contributed by atoms with van der Waals surface area (Å²) < 4.78 is 27.6. The summed E-state index contributed by atoms with van der Waals surface area (Å²) in [4.78, 5) is 0.139. The van der Waals surface area contributed by atoms with Gasteiger partial charge in [-0.25, -0.2) is 13.1 Å². The molecular formula is C15H25ClN2O2S. The van der Waals surface area contributed by atoms with E-state index in [1.807, 2.05) is 40.7 Å². The Kier molecular flexibility index (Phi) is 6.66. The fourth-order valence-corrected chi connectivity index (χ4v) is 3.57. The molecule has 1 aromatic carbocycles. The highest BCUT2D eigenvalue weighted by molar-refractivity contribution is 7.89. The van der Waals surface area contributed by atoms with E-state index in [0.29, 0.717) is 12.6 Å². The van der Waals surface area contributed by atoms with E-state index in [0.717, 1.165) is 5.56 Å². The van der Waals surface area contributed by atoms with Crippen LogP contribution in [0.25, 0.3) is 0 Å². The minimum atomic E-state index is -3.61. The predicted octanol–water partition coefficient (Wildman–Crippen LogP) is 3.16. The minimum Gasteiger partial charge on any atom is -0.310 e. The van der Waals surface area contributed by atoms with Crippen molar-refractivity contribution in [2.24, 2.45) is 5.92 Å². The van der Waals surface area contributed by atoms with E-state index < -0.39 is 10.0 Å². The first kappa shape index (κ1) is 18.4. The molecule has 1 rings (SSSR count). The SMILES string of the molecule is CC(C)NCc1ccc(Cl)c(S(=O)(=O)NC(C)C(C)C)c1. The first-order valence-electron chi connectivity index (χ1n) is 7.17. The van der Waals surface area contributed by atoms with Crippen molar-refractivity contribution in [3.8, 4) is 0 Å². The molecule has 4 nitrogen and oxygen atoms in total. The van der Waals surface area contributed by atoms with Gasteiger partial charge in [0, 0.05) is 18.6 Å². The second-order valence-corrected chi connectivity index (χ2v) is 8.04. The van der Waals surface area contributed by atoms with Crippen LogP contribution in [0.2, 0.25) is 5.02 Å². The summed E-state index contributed by atoms with van der Waals surface area (Å²) in [6, 6.07) is 5.28. The van der Waals surface area contributed by atoms with Gasteiger partial charge in [-0.05, 0) is 30.5 Å². The maximum Gasteiger partial charge on any atom is 0.242 e. The monoisotopic (exact) mass is 332 g/mol. The molecule has 0 radical (unpaired) electrons. The van der Waals surface area contributed by atoms with Crippen LogP contribution < -0.4 is 10.0 Å². The van der Waals surface area contributed by atoms with Gasteiger partial charge in [0.05, 0.1) is 5.02 Å². The predicted molar refractivity (Wildman–Crippen MR) is 88.0 cm³/mol. The van der Waals surface area contributed by atoms with Crippen molar-refractivity contribution in [2.45, 2.75) is 58.1 Å². The van der Waals surface area contributed by atoms with Crippen LogP contribution in [0.1, 0.15) is 40.2 Å². The summed E-state index contributed by atoms with van der Waals surface area (Å²) in [5, 5.41) is 3.50. The van der Waals surface area contributed by atoms with E-state index in [9.17, 15) is 8.42 Å². The molecular weight excluding hydrogens is 308 g/mol. The van der Waals surface area contributed by atoms with Crippen LogP contribution >= 0.6 is 11.6 Å². The van der Waals surface area contributed by atoms with Crippen LogP contribution in [0, 0.1) is 5.92 Å². The van der Waals surface area contributed by atoms with Crippen LogP contribution in [0.4, 0.5) is 0 Å². The maximum absolute atomic E-state index is 12.4. The summed E-state index contributed by atoms with van der Waals surface area (Å²) >= 11 is 6.07. The van der Waals surface area contributed by atoms with E-state index in [4.69, 9.17) is 11.6 Å². The van der Waals surface area contributed by atoms with Gasteiger partial charge in [0.25, 0.3) is 0 Å². The topological polar surface area (TPSA) is 58.2 Å². The average molecular weight is 333 g/mol. The fraction of sp³-hybridized carbons (Fsp3) is 0.600. The number of sulfonamides is 1. The molecule has 1 atom stereocenters. The quantitative estimate of drug-likeness (QED) is 0.806. The third-order valence-corrected chi connectivity index (χ3v) is 5.38. The molecule has 0 aliphatic heterocycles. The van der Waals surface area contributed by atoms with Crippen molar-refractivity contribution in [3.05, 3.63) is 28.8 Å². The van der Waals surface area contributed by atoms with Gasteiger partial charge in [0.2, 0.25) is 10.0 Å². The molecule has 0 saturated carbocycles. The van der Waals surface area contributed by atoms with Gasteiger partial charge >= 0.3 is 0 Å². The average Bonchev–Trinajstić information content (AvgIpc) is 2.36. The molecule has 0 saturated heterocycles. The molecule has 0 heterocycles. The number of hydrogen-bond acceptors (Lipinski definition) is 3. The Hall–Kier alpha value is -0.620. The first-order valence-corrected chi connectivity index (χ1v) is 9.03. The van der Waals surface area contributed by atoms with E-state index in [2.05, 4.69) is 10.0 Å². The highest BCUT2D eigenvalue weighted by Crippen LogP contribution is 2.23. The zero-order valence-electron chi connectivity index (χ0n) is 13.3. The summed E-state index contributed by atoms with van der Waals surface area (Å²) in [7, 11) is -3.61. The molecule has 6 heteroatoms. The van der Waals surface area contributed by atoms with Gasteiger partial charge in [0.1, 0.15) is 4.90 Å². The van der Waals surface area contributed by atoms with Crippen molar-refractivity contribution in [1.82, 2.24) is 10.0 Å². The zero-order chi connectivity index (χ0) is 16.2. The van der Waals surface area contributed by atoms with Crippen molar-refractivity contribution in [3.63, 3.8) is 0 Å². The molecule has 0 aliphatic carbocycles. The van der Waals surface area contributed by atoms with Gasteiger partial charge in [-0.3, -0.25) is 0 Å². The number of benzene rings is 1. The third kappa shape index (κ3) is 5.58. The smallest absolute Gasteiger partial charge is 0.242 e. The summed E-state index contributed by atoms with van der Waals surface area (Å²) in [6.07, 6.45) is 0. The van der Waals surface area contributed by atoms with E-state index >= 15 is 0 Å². The molecule has 0 bridgehead atoms. The first-order chi connectivity index (χ1) is 9.63. The Morgan fingerprint density at radius 3 is 2.29 bits per heavy atom. The fourth-order valence-electron chi connectivity index (χ4n) is 1.63. The molecule has 0 spiro atoms. The number of halogens is 1. The van der Waals surface area contributed by atoms with Crippen molar-refractivity contribution in [2.75, 3.05) is 0 Å². The molecule has 21 heavy (non-hydrogen) atoms. The van der Waals surface area contributed by atoms with E-state index in [1.165, 1.54) is 0 Å². The summed E-state index contributed by atoms with van der Waals surface area (Å²) in [5.74, 6) is 0.212.